The third-order valence-electron chi connectivity index (χ3n) is 10.4. The summed E-state index contributed by atoms with van der Waals surface area (Å²) in [7, 11) is 0. The van der Waals surface area contributed by atoms with Gasteiger partial charge in [-0.15, -0.1) is 0 Å². The monoisotopic (exact) mass is 662 g/mol. The average Bonchev–Trinajstić information content (AvgIpc) is 3.57. The van der Waals surface area contributed by atoms with Crippen molar-refractivity contribution in [2.75, 3.05) is 4.90 Å². The summed E-state index contributed by atoms with van der Waals surface area (Å²) in [6.07, 6.45) is 0. The molecule has 0 fully saturated rings. The topological polar surface area (TPSA) is 8.17 Å². The molecule has 0 radical (unpaired) electrons. The van der Waals surface area contributed by atoms with Crippen LogP contribution >= 0.6 is 0 Å². The van der Waals surface area contributed by atoms with Gasteiger partial charge < -0.3 is 9.47 Å². The summed E-state index contributed by atoms with van der Waals surface area (Å²) in [5.41, 5.74) is 11.7. The smallest absolute Gasteiger partial charge is 0.0547 e. The summed E-state index contributed by atoms with van der Waals surface area (Å²) in [6.45, 7) is 0. The summed E-state index contributed by atoms with van der Waals surface area (Å²) in [6, 6.07) is 74.6. The molecule has 244 valence electrons. The first-order chi connectivity index (χ1) is 25.8. The average molecular weight is 663 g/mol. The Kier molecular flexibility index (Phi) is 7.18. The Morgan fingerprint density at radius 2 is 0.942 bits per heavy atom. The van der Waals surface area contributed by atoms with E-state index in [0.717, 1.165) is 22.7 Å². The van der Waals surface area contributed by atoms with E-state index in [4.69, 9.17) is 0 Å². The Morgan fingerprint density at radius 1 is 0.346 bits per heavy atom. The van der Waals surface area contributed by atoms with Gasteiger partial charge in [0.15, 0.2) is 0 Å². The lowest BCUT2D eigenvalue weighted by molar-refractivity contribution is 1.18. The van der Waals surface area contributed by atoms with E-state index in [1.54, 1.807) is 0 Å². The highest BCUT2D eigenvalue weighted by molar-refractivity contribution is 6.25. The molecule has 9 aromatic carbocycles. The molecular formula is C50H34N2. The molecule has 0 saturated carbocycles. The van der Waals surface area contributed by atoms with Crippen LogP contribution < -0.4 is 4.90 Å². The maximum atomic E-state index is 2.42. The number of benzene rings is 9. The van der Waals surface area contributed by atoms with Crippen molar-refractivity contribution in [3.63, 3.8) is 0 Å². The quantitative estimate of drug-likeness (QED) is 0.172. The molecule has 2 nitrogen and oxygen atoms in total. The molecule has 0 saturated heterocycles. The van der Waals surface area contributed by atoms with Crippen LogP contribution in [0.3, 0.4) is 0 Å². The molecule has 0 unspecified atom stereocenters. The number of hydrogen-bond donors (Lipinski definition) is 0. The number of fused-ring (bicyclic) bond motifs is 6. The van der Waals surface area contributed by atoms with E-state index in [2.05, 4.69) is 216 Å². The van der Waals surface area contributed by atoms with Gasteiger partial charge in [0.2, 0.25) is 0 Å². The van der Waals surface area contributed by atoms with E-state index in [1.165, 1.54) is 65.6 Å². The molecule has 0 atom stereocenters. The van der Waals surface area contributed by atoms with Gasteiger partial charge in [0.05, 0.1) is 16.7 Å². The van der Waals surface area contributed by atoms with Crippen molar-refractivity contribution in [2.24, 2.45) is 0 Å². The molecule has 10 rings (SSSR count). The van der Waals surface area contributed by atoms with Gasteiger partial charge in [-0.3, -0.25) is 0 Å². The van der Waals surface area contributed by atoms with Gasteiger partial charge in [0.25, 0.3) is 0 Å². The molecule has 0 bridgehead atoms. The molecule has 0 spiro atoms. The minimum atomic E-state index is 1.11. The van der Waals surface area contributed by atoms with Crippen LogP contribution in [0.4, 0.5) is 17.1 Å². The molecule has 0 aliphatic rings. The SMILES string of the molecule is c1ccc(-c2ccc(N(c3cccc(-c4cccc5c4c4c6ccccc6ccc4n5-c4ccccc4)c3)c3cccc4ccccc34)cc2)cc1. The molecule has 0 aliphatic carbocycles. The first-order valence-electron chi connectivity index (χ1n) is 17.9. The number of aromatic nitrogens is 1. The van der Waals surface area contributed by atoms with Gasteiger partial charge in [0, 0.05) is 33.2 Å². The van der Waals surface area contributed by atoms with Crippen LogP contribution in [-0.4, -0.2) is 4.57 Å². The highest BCUT2D eigenvalue weighted by Crippen LogP contribution is 2.44. The number of para-hydroxylation sites is 1. The molecule has 2 heteroatoms. The molecule has 1 aromatic heterocycles. The van der Waals surface area contributed by atoms with Crippen molar-refractivity contribution in [2.45, 2.75) is 0 Å². The molecule has 0 N–H and O–H groups in total. The van der Waals surface area contributed by atoms with Gasteiger partial charge in [-0.05, 0) is 93.0 Å². The van der Waals surface area contributed by atoms with Crippen LogP contribution in [0.2, 0.25) is 0 Å². The van der Waals surface area contributed by atoms with Crippen molar-refractivity contribution in [1.29, 1.82) is 0 Å². The molecule has 10 aromatic rings. The van der Waals surface area contributed by atoms with Crippen LogP contribution in [0.1, 0.15) is 0 Å². The predicted octanol–water partition coefficient (Wildman–Crippen LogP) is 13.9. The van der Waals surface area contributed by atoms with Gasteiger partial charge >= 0.3 is 0 Å². The second-order valence-corrected chi connectivity index (χ2v) is 13.3. The van der Waals surface area contributed by atoms with E-state index in [-0.39, 0.29) is 0 Å². The zero-order valence-electron chi connectivity index (χ0n) is 28.5. The lowest BCUT2D eigenvalue weighted by Crippen LogP contribution is -2.10. The van der Waals surface area contributed by atoms with Crippen LogP contribution in [0, 0.1) is 0 Å². The molecule has 52 heavy (non-hydrogen) atoms. The van der Waals surface area contributed by atoms with Crippen LogP contribution in [-0.2, 0) is 0 Å². The van der Waals surface area contributed by atoms with E-state index >= 15 is 0 Å². The Bertz CT molecular complexity index is 2880. The fraction of sp³-hybridized carbons (Fsp3) is 0. The third-order valence-corrected chi connectivity index (χ3v) is 10.4. The van der Waals surface area contributed by atoms with Crippen molar-refractivity contribution >= 4 is 60.4 Å². The number of hydrogen-bond acceptors (Lipinski definition) is 1. The lowest BCUT2D eigenvalue weighted by Gasteiger charge is -2.27. The summed E-state index contributed by atoms with van der Waals surface area (Å²) in [5, 5.41) is 7.47. The standard InChI is InChI=1S/C50H34N2/c1-3-14-35(15-4-1)36-28-31-41(32-29-36)51(46-26-12-18-37-16-7-9-23-43(37)46)42-22-11-19-39(34-42)45-25-13-27-47-50(45)49-44-24-10-8-17-38(44)30-33-48(49)52(47)40-20-5-2-6-21-40/h1-34H. The van der Waals surface area contributed by atoms with Crippen LogP contribution in [0.25, 0.3) is 71.3 Å². The van der Waals surface area contributed by atoms with Gasteiger partial charge in [-0.25, -0.2) is 0 Å². The summed E-state index contributed by atoms with van der Waals surface area (Å²) in [4.78, 5) is 2.41. The van der Waals surface area contributed by atoms with E-state index in [0.29, 0.717) is 0 Å². The third kappa shape index (κ3) is 4.96. The van der Waals surface area contributed by atoms with Gasteiger partial charge in [-0.2, -0.15) is 0 Å². The summed E-state index contributed by atoms with van der Waals surface area (Å²) in [5.74, 6) is 0. The van der Waals surface area contributed by atoms with Crippen LogP contribution in [0.5, 0.6) is 0 Å². The highest BCUT2D eigenvalue weighted by Gasteiger charge is 2.20. The van der Waals surface area contributed by atoms with Gasteiger partial charge in [0.1, 0.15) is 0 Å². The minimum absolute atomic E-state index is 1.11. The van der Waals surface area contributed by atoms with E-state index < -0.39 is 0 Å². The fourth-order valence-corrected chi connectivity index (χ4v) is 8.00. The second-order valence-electron chi connectivity index (χ2n) is 13.3. The van der Waals surface area contributed by atoms with Crippen LogP contribution in [0.15, 0.2) is 206 Å². The number of nitrogens with zero attached hydrogens (tertiary/aromatic N) is 2. The minimum Gasteiger partial charge on any atom is -0.310 e. The van der Waals surface area contributed by atoms with Crippen molar-refractivity contribution < 1.29 is 0 Å². The Labute approximate surface area is 303 Å². The second kappa shape index (κ2) is 12.5. The zero-order chi connectivity index (χ0) is 34.4. The van der Waals surface area contributed by atoms with Crippen molar-refractivity contribution in [3.05, 3.63) is 206 Å². The fourth-order valence-electron chi connectivity index (χ4n) is 8.00. The Balaban J connectivity index is 1.21. The number of rotatable bonds is 6. The van der Waals surface area contributed by atoms with E-state index in [9.17, 15) is 0 Å². The summed E-state index contributed by atoms with van der Waals surface area (Å²) >= 11 is 0. The maximum absolute atomic E-state index is 2.42. The van der Waals surface area contributed by atoms with Crippen molar-refractivity contribution in [1.82, 2.24) is 4.57 Å². The molecular weight excluding hydrogens is 629 g/mol. The number of anilines is 3. The largest absolute Gasteiger partial charge is 0.310 e. The first kappa shape index (κ1) is 30.0. The van der Waals surface area contributed by atoms with Gasteiger partial charge in [-0.1, -0.05) is 152 Å². The molecule has 0 amide bonds. The maximum Gasteiger partial charge on any atom is 0.0547 e. The van der Waals surface area contributed by atoms with E-state index in [1.807, 2.05) is 0 Å². The zero-order valence-corrected chi connectivity index (χ0v) is 28.5. The lowest BCUT2D eigenvalue weighted by atomic mass is 9.96. The highest BCUT2D eigenvalue weighted by atomic mass is 15.1. The normalized spacial score (nSPS) is 11.5. The Hall–Kier alpha value is -6.90. The molecule has 1 heterocycles. The Morgan fingerprint density at radius 3 is 1.75 bits per heavy atom. The predicted molar refractivity (Wildman–Crippen MR) is 221 cm³/mol. The summed E-state index contributed by atoms with van der Waals surface area (Å²) < 4.78 is 2.42. The molecule has 0 aliphatic heterocycles. The van der Waals surface area contributed by atoms with Crippen molar-refractivity contribution in [3.8, 4) is 27.9 Å². The first-order valence-corrected chi connectivity index (χ1v) is 17.9.